The van der Waals surface area contributed by atoms with Crippen LogP contribution in [0.5, 0.6) is 5.75 Å². The monoisotopic (exact) mass is 281 g/mol. The van der Waals surface area contributed by atoms with Crippen molar-refractivity contribution in [1.29, 1.82) is 5.26 Å². The second-order valence-corrected chi connectivity index (χ2v) is 4.44. The molecular weight excluding hydrogens is 266 g/mol. The van der Waals surface area contributed by atoms with Gasteiger partial charge in [0.1, 0.15) is 5.75 Å². The van der Waals surface area contributed by atoms with Gasteiger partial charge in [0.25, 0.3) is 5.91 Å². The third-order valence-electron chi connectivity index (χ3n) is 2.99. The van der Waals surface area contributed by atoms with Gasteiger partial charge in [0.05, 0.1) is 25.3 Å². The number of nitrogen functional groups attached to an aromatic ring is 1. The zero-order chi connectivity index (χ0) is 15.2. The van der Waals surface area contributed by atoms with Crippen molar-refractivity contribution in [3.63, 3.8) is 0 Å². The fourth-order valence-corrected chi connectivity index (χ4v) is 1.88. The average Bonchev–Trinajstić information content (AvgIpc) is 2.49. The molecule has 2 aromatic carbocycles. The molecular formula is C16H15N3O2. The van der Waals surface area contributed by atoms with E-state index in [1.807, 2.05) is 0 Å². The minimum Gasteiger partial charge on any atom is -0.495 e. The largest absolute Gasteiger partial charge is 0.495 e. The van der Waals surface area contributed by atoms with Crippen molar-refractivity contribution in [2.45, 2.75) is 6.42 Å². The Hall–Kier alpha value is -3.00. The molecule has 0 spiro atoms. The molecule has 0 atom stereocenters. The lowest BCUT2D eigenvalue weighted by Gasteiger charge is -2.08. The van der Waals surface area contributed by atoms with Crippen LogP contribution >= 0.6 is 0 Å². The first-order valence-corrected chi connectivity index (χ1v) is 6.35. The summed E-state index contributed by atoms with van der Waals surface area (Å²) in [7, 11) is 1.52. The summed E-state index contributed by atoms with van der Waals surface area (Å²) >= 11 is 0. The molecule has 2 aromatic rings. The summed E-state index contributed by atoms with van der Waals surface area (Å²) in [5, 5.41) is 11.4. The first-order valence-electron chi connectivity index (χ1n) is 6.35. The first-order chi connectivity index (χ1) is 10.1. The lowest BCUT2D eigenvalue weighted by atomic mass is 10.1. The highest BCUT2D eigenvalue weighted by Gasteiger charge is 2.09. The maximum atomic E-state index is 12.1. The Kier molecular flexibility index (Phi) is 4.42. The Morgan fingerprint density at radius 2 is 2.00 bits per heavy atom. The minimum absolute atomic E-state index is 0.252. The van der Waals surface area contributed by atoms with Gasteiger partial charge in [-0.2, -0.15) is 5.26 Å². The number of nitrogens with one attached hydrogen (secondary N) is 1. The van der Waals surface area contributed by atoms with Gasteiger partial charge >= 0.3 is 0 Å². The Morgan fingerprint density at radius 3 is 2.57 bits per heavy atom. The number of hydrogen-bond acceptors (Lipinski definition) is 4. The molecule has 5 nitrogen and oxygen atoms in total. The summed E-state index contributed by atoms with van der Waals surface area (Å²) in [5.41, 5.74) is 8.22. The van der Waals surface area contributed by atoms with Crippen molar-refractivity contribution in [3.05, 3.63) is 53.6 Å². The zero-order valence-corrected chi connectivity index (χ0v) is 11.6. The number of nitrogens with two attached hydrogens (primary N) is 1. The lowest BCUT2D eigenvalue weighted by molar-refractivity contribution is 0.102. The molecule has 2 rings (SSSR count). The highest BCUT2D eigenvalue weighted by molar-refractivity contribution is 6.05. The van der Waals surface area contributed by atoms with Gasteiger partial charge in [-0.1, -0.05) is 12.1 Å². The SMILES string of the molecule is COc1ccc(C(=O)Nc2ccc(CC#N)cc2)cc1N. The van der Waals surface area contributed by atoms with Crippen LogP contribution < -0.4 is 15.8 Å². The normalized spacial score (nSPS) is 9.71. The Bertz CT molecular complexity index is 688. The number of ether oxygens (including phenoxy) is 1. The van der Waals surface area contributed by atoms with E-state index in [1.165, 1.54) is 7.11 Å². The molecule has 0 aromatic heterocycles. The molecule has 0 saturated carbocycles. The Balaban J connectivity index is 2.10. The van der Waals surface area contributed by atoms with Crippen LogP contribution in [0.1, 0.15) is 15.9 Å². The topological polar surface area (TPSA) is 88.1 Å². The van der Waals surface area contributed by atoms with Crippen molar-refractivity contribution < 1.29 is 9.53 Å². The van der Waals surface area contributed by atoms with E-state index in [9.17, 15) is 4.79 Å². The van der Waals surface area contributed by atoms with Gasteiger partial charge in [-0.3, -0.25) is 4.79 Å². The zero-order valence-electron chi connectivity index (χ0n) is 11.6. The third kappa shape index (κ3) is 3.51. The second-order valence-electron chi connectivity index (χ2n) is 4.44. The molecule has 0 unspecified atom stereocenters. The molecule has 0 saturated heterocycles. The van der Waals surface area contributed by atoms with Gasteiger partial charge in [0.15, 0.2) is 0 Å². The van der Waals surface area contributed by atoms with Crippen molar-refractivity contribution >= 4 is 17.3 Å². The van der Waals surface area contributed by atoms with Crippen LogP contribution in [0.3, 0.4) is 0 Å². The molecule has 5 heteroatoms. The first kappa shape index (κ1) is 14.4. The van der Waals surface area contributed by atoms with Crippen molar-refractivity contribution in [3.8, 4) is 11.8 Å². The van der Waals surface area contributed by atoms with E-state index in [4.69, 9.17) is 15.7 Å². The van der Waals surface area contributed by atoms with Crippen LogP contribution in [0.15, 0.2) is 42.5 Å². The average molecular weight is 281 g/mol. The van der Waals surface area contributed by atoms with Gasteiger partial charge in [-0.25, -0.2) is 0 Å². The van der Waals surface area contributed by atoms with Crippen LogP contribution in [-0.4, -0.2) is 13.0 Å². The van der Waals surface area contributed by atoms with E-state index in [2.05, 4.69) is 11.4 Å². The second kappa shape index (κ2) is 6.44. The molecule has 0 bridgehead atoms. The number of carbonyl (C=O) groups excluding carboxylic acids is 1. The molecule has 1 amide bonds. The number of nitrogens with zero attached hydrogens (tertiary/aromatic N) is 1. The quantitative estimate of drug-likeness (QED) is 0.843. The number of amides is 1. The number of rotatable bonds is 4. The van der Waals surface area contributed by atoms with E-state index in [0.29, 0.717) is 29.1 Å². The number of nitriles is 1. The van der Waals surface area contributed by atoms with Gasteiger partial charge in [0, 0.05) is 11.3 Å². The fourth-order valence-electron chi connectivity index (χ4n) is 1.88. The maximum Gasteiger partial charge on any atom is 0.255 e. The van der Waals surface area contributed by atoms with Gasteiger partial charge in [-0.15, -0.1) is 0 Å². The Labute approximate surface area is 123 Å². The van der Waals surface area contributed by atoms with Crippen LogP contribution in [0, 0.1) is 11.3 Å². The Morgan fingerprint density at radius 1 is 1.29 bits per heavy atom. The van der Waals surface area contributed by atoms with Crippen molar-refractivity contribution in [2.75, 3.05) is 18.2 Å². The van der Waals surface area contributed by atoms with Crippen LogP contribution in [0.2, 0.25) is 0 Å². The summed E-state index contributed by atoms with van der Waals surface area (Å²) < 4.78 is 5.05. The molecule has 0 aliphatic carbocycles. The number of benzene rings is 2. The predicted octanol–water partition coefficient (Wildman–Crippen LogP) is 2.60. The summed E-state index contributed by atoms with van der Waals surface area (Å²) in [6.45, 7) is 0. The van der Waals surface area contributed by atoms with Gasteiger partial charge in [0.2, 0.25) is 0 Å². The van der Waals surface area contributed by atoms with Gasteiger partial charge in [-0.05, 0) is 35.9 Å². The number of anilines is 2. The van der Waals surface area contributed by atoms with Gasteiger partial charge < -0.3 is 15.8 Å². The van der Waals surface area contributed by atoms with E-state index < -0.39 is 0 Å². The standard InChI is InChI=1S/C16H15N3O2/c1-21-15-7-4-12(10-14(15)18)16(20)19-13-5-2-11(3-6-13)8-9-17/h2-7,10H,8,18H2,1H3,(H,19,20). The van der Waals surface area contributed by atoms with E-state index in [1.54, 1.807) is 42.5 Å². The highest BCUT2D eigenvalue weighted by Crippen LogP contribution is 2.22. The highest BCUT2D eigenvalue weighted by atomic mass is 16.5. The molecule has 0 radical (unpaired) electrons. The third-order valence-corrected chi connectivity index (χ3v) is 2.99. The van der Waals surface area contributed by atoms with Crippen molar-refractivity contribution in [2.24, 2.45) is 0 Å². The van der Waals surface area contributed by atoms with E-state index in [-0.39, 0.29) is 5.91 Å². The molecule has 0 heterocycles. The summed E-state index contributed by atoms with van der Waals surface area (Å²) in [6.07, 6.45) is 0.350. The summed E-state index contributed by atoms with van der Waals surface area (Å²) in [5.74, 6) is 0.282. The number of hydrogen-bond donors (Lipinski definition) is 2. The van der Waals surface area contributed by atoms with Crippen LogP contribution in [-0.2, 0) is 6.42 Å². The molecule has 21 heavy (non-hydrogen) atoms. The predicted molar refractivity (Wildman–Crippen MR) is 81.1 cm³/mol. The molecule has 0 aliphatic rings. The number of methoxy groups -OCH3 is 1. The molecule has 0 aliphatic heterocycles. The lowest BCUT2D eigenvalue weighted by Crippen LogP contribution is -2.12. The van der Waals surface area contributed by atoms with E-state index in [0.717, 1.165) is 5.56 Å². The summed E-state index contributed by atoms with van der Waals surface area (Å²) in [4.78, 5) is 12.1. The smallest absolute Gasteiger partial charge is 0.255 e. The molecule has 3 N–H and O–H groups in total. The fraction of sp³-hybridized carbons (Fsp3) is 0.125. The van der Waals surface area contributed by atoms with E-state index >= 15 is 0 Å². The van der Waals surface area contributed by atoms with Crippen LogP contribution in [0.25, 0.3) is 0 Å². The molecule has 106 valence electrons. The molecule has 0 fully saturated rings. The van der Waals surface area contributed by atoms with Crippen LogP contribution in [0.4, 0.5) is 11.4 Å². The minimum atomic E-state index is -0.252. The van der Waals surface area contributed by atoms with Crippen molar-refractivity contribution in [1.82, 2.24) is 0 Å². The maximum absolute atomic E-state index is 12.1. The number of carbonyl (C=O) groups is 1. The summed E-state index contributed by atoms with van der Waals surface area (Å²) in [6, 6.07) is 14.1.